The smallest absolute Gasteiger partial charge is 0.238 e. The Bertz CT molecular complexity index is 4620. The summed E-state index contributed by atoms with van der Waals surface area (Å²) >= 11 is 0. The Balaban J connectivity index is 0.896. The van der Waals surface area contributed by atoms with Crippen molar-refractivity contribution in [1.82, 2.24) is 48.4 Å². The van der Waals surface area contributed by atoms with E-state index in [4.69, 9.17) is 34.9 Å². The van der Waals surface area contributed by atoms with Gasteiger partial charge in [-0.2, -0.15) is 9.97 Å². The van der Waals surface area contributed by atoms with E-state index in [1.165, 1.54) is 0 Å². The summed E-state index contributed by atoms with van der Waals surface area (Å²) in [7, 11) is 0. The van der Waals surface area contributed by atoms with Crippen molar-refractivity contribution >= 4 is 49.7 Å². The molecule has 10 nitrogen and oxygen atoms in total. The number of rotatable bonds is 9. The van der Waals surface area contributed by atoms with Crippen LogP contribution in [-0.4, -0.2) is 48.4 Å². The van der Waals surface area contributed by atoms with Crippen molar-refractivity contribution < 1.29 is 0 Å². The summed E-state index contributed by atoms with van der Waals surface area (Å²) < 4.78 is 6.75. The van der Waals surface area contributed by atoms with Gasteiger partial charge in [0, 0.05) is 49.8 Å². The highest BCUT2D eigenvalue weighted by molar-refractivity contribution is 6.16. The Hall–Kier alpha value is -10.7. The summed E-state index contributed by atoms with van der Waals surface area (Å²) in [5.41, 5.74) is 15.8. The van der Waals surface area contributed by atoms with E-state index >= 15 is 0 Å². The monoisotopic (exact) mass is 986 g/mol. The van der Waals surface area contributed by atoms with Gasteiger partial charge in [-0.1, -0.05) is 206 Å². The van der Waals surface area contributed by atoms with E-state index in [1.54, 1.807) is 0 Å². The summed E-state index contributed by atoms with van der Waals surface area (Å²) in [5, 5.41) is 2.21. The molecule has 0 aliphatic heterocycles. The van der Waals surface area contributed by atoms with Crippen LogP contribution >= 0.6 is 0 Å². The van der Waals surface area contributed by atoms with Crippen molar-refractivity contribution in [3.8, 4) is 90.8 Å². The molecule has 0 unspecified atom stereocenters. The van der Waals surface area contributed by atoms with Crippen LogP contribution in [0.1, 0.15) is 0 Å². The minimum atomic E-state index is 0.551. The average molecular weight is 987 g/mol. The zero-order chi connectivity index (χ0) is 50.8. The van der Waals surface area contributed by atoms with Crippen LogP contribution in [0.5, 0.6) is 0 Å². The second-order valence-corrected chi connectivity index (χ2v) is 19.0. The lowest BCUT2D eigenvalue weighted by Gasteiger charge is -2.12. The van der Waals surface area contributed by atoms with Crippen molar-refractivity contribution in [2.75, 3.05) is 0 Å². The van der Waals surface area contributed by atoms with Gasteiger partial charge in [-0.25, -0.2) is 24.9 Å². The van der Waals surface area contributed by atoms with E-state index in [0.717, 1.165) is 105 Å². The van der Waals surface area contributed by atoms with Crippen LogP contribution in [0.15, 0.2) is 255 Å². The molecule has 0 radical (unpaired) electrons. The highest BCUT2D eigenvalue weighted by Gasteiger charge is 2.24. The van der Waals surface area contributed by atoms with Gasteiger partial charge in [0.2, 0.25) is 11.7 Å². The van der Waals surface area contributed by atoms with E-state index < -0.39 is 0 Å². The van der Waals surface area contributed by atoms with Gasteiger partial charge in [0.25, 0.3) is 0 Å². The van der Waals surface area contributed by atoms with Crippen LogP contribution in [-0.2, 0) is 0 Å². The molecular formula is C67H42N10. The molecule has 15 rings (SSSR count). The minimum Gasteiger partial charge on any atom is -0.278 e. The van der Waals surface area contributed by atoms with E-state index in [0.29, 0.717) is 35.1 Å². The first kappa shape index (κ1) is 43.8. The zero-order valence-corrected chi connectivity index (χ0v) is 41.2. The third kappa shape index (κ3) is 7.46. The van der Waals surface area contributed by atoms with Gasteiger partial charge in [-0.3, -0.25) is 13.5 Å². The quantitative estimate of drug-likeness (QED) is 0.142. The molecule has 15 aromatic rings. The van der Waals surface area contributed by atoms with Gasteiger partial charge in [-0.05, 0) is 65.2 Å². The molecule has 0 saturated heterocycles. The zero-order valence-electron chi connectivity index (χ0n) is 41.2. The third-order valence-corrected chi connectivity index (χ3v) is 14.4. The Kier molecular flexibility index (Phi) is 10.3. The molecule has 0 spiro atoms. The van der Waals surface area contributed by atoms with E-state index in [1.807, 2.05) is 127 Å². The largest absolute Gasteiger partial charge is 0.278 e. The van der Waals surface area contributed by atoms with E-state index in [2.05, 4.69) is 141 Å². The van der Waals surface area contributed by atoms with Gasteiger partial charge >= 0.3 is 0 Å². The van der Waals surface area contributed by atoms with Gasteiger partial charge < -0.3 is 0 Å². The summed E-state index contributed by atoms with van der Waals surface area (Å²) in [6.07, 6.45) is 0. The molecule has 0 fully saturated rings. The molecule has 0 bridgehead atoms. The molecule has 5 heterocycles. The van der Waals surface area contributed by atoms with Crippen LogP contribution in [0.2, 0.25) is 0 Å². The van der Waals surface area contributed by atoms with Gasteiger partial charge in [0.15, 0.2) is 29.1 Å². The molecule has 77 heavy (non-hydrogen) atoms. The van der Waals surface area contributed by atoms with Crippen molar-refractivity contribution in [3.05, 3.63) is 255 Å². The summed E-state index contributed by atoms with van der Waals surface area (Å²) in [6.45, 7) is 0. The van der Waals surface area contributed by atoms with Crippen LogP contribution in [0, 0.1) is 0 Å². The molecule has 0 amide bonds. The first-order valence-electron chi connectivity index (χ1n) is 25.6. The van der Waals surface area contributed by atoms with Crippen LogP contribution in [0.25, 0.3) is 140 Å². The van der Waals surface area contributed by atoms with Crippen molar-refractivity contribution in [3.63, 3.8) is 0 Å². The van der Waals surface area contributed by atoms with Gasteiger partial charge in [0.05, 0.1) is 33.1 Å². The fraction of sp³-hybridized carbons (Fsp3) is 0. The lowest BCUT2D eigenvalue weighted by Crippen LogP contribution is -2.06. The summed E-state index contributed by atoms with van der Waals surface area (Å²) in [5.74, 6) is 4.37. The second-order valence-electron chi connectivity index (χ2n) is 19.0. The molecule has 5 aromatic heterocycles. The maximum atomic E-state index is 5.34. The fourth-order valence-corrected chi connectivity index (χ4v) is 10.9. The molecule has 360 valence electrons. The number of para-hydroxylation sites is 4. The molecule has 0 aliphatic carbocycles. The highest BCUT2D eigenvalue weighted by atomic mass is 15.2. The highest BCUT2D eigenvalue weighted by Crippen LogP contribution is 2.42. The van der Waals surface area contributed by atoms with E-state index in [-0.39, 0.29) is 0 Å². The first-order chi connectivity index (χ1) is 38.2. The predicted molar refractivity (Wildman–Crippen MR) is 309 cm³/mol. The number of imidazole rings is 2. The van der Waals surface area contributed by atoms with E-state index in [9.17, 15) is 0 Å². The summed E-state index contributed by atoms with van der Waals surface area (Å²) in [6, 6.07) is 87.7. The molecule has 10 aromatic carbocycles. The maximum absolute atomic E-state index is 5.34. The predicted octanol–water partition coefficient (Wildman–Crippen LogP) is 15.6. The first-order valence-corrected chi connectivity index (χ1v) is 25.6. The molecule has 0 aliphatic rings. The Morgan fingerprint density at radius 1 is 0.273 bits per heavy atom. The standard InChI is InChI=1S/C67H42N10/c1-5-21-43(22-6-1)61-69-62(44-23-7-2-8-24-44)71-65(70-61)49-31-18-32-50(42-49)75-58-40-20-35-52(60(58)77-56-38-16-14-36-54(56)68-67(75)77)48-30-17-29-47(41-48)51-34-19-39-57-59(51)53-33-13-15-37-55(53)76(57)66-73-63(45-25-9-3-10-26-45)72-64(74-66)46-27-11-4-12-28-46/h1-42H. The molecule has 10 heteroatoms. The SMILES string of the molecule is c1ccc(-c2nc(-c3ccccc3)nc(-c3cccc(-n4c5cccc(-c6cccc(-c7cccc8c7c7ccccc7n8-c7nc(-c8ccccc8)nc(-c8ccccc8)n7)c6)c5n5c6ccccc6nc45)c3)n2)cc1. The number of fused-ring (bicyclic) bond motifs is 8. The fourth-order valence-electron chi connectivity index (χ4n) is 10.9. The average Bonchev–Trinajstić information content (AvgIpc) is 4.27. The van der Waals surface area contributed by atoms with Crippen LogP contribution in [0.3, 0.4) is 0 Å². The van der Waals surface area contributed by atoms with Crippen LogP contribution < -0.4 is 0 Å². The molecule has 0 saturated carbocycles. The Labute approximate surface area is 441 Å². The summed E-state index contributed by atoms with van der Waals surface area (Å²) in [4.78, 5) is 35.9. The number of hydrogen-bond acceptors (Lipinski definition) is 7. The molecule has 0 N–H and O–H groups in total. The number of benzene rings is 10. The van der Waals surface area contributed by atoms with Crippen LogP contribution in [0.4, 0.5) is 0 Å². The van der Waals surface area contributed by atoms with Crippen molar-refractivity contribution in [2.24, 2.45) is 0 Å². The number of hydrogen-bond donors (Lipinski definition) is 0. The normalized spacial score (nSPS) is 11.6. The Morgan fingerprint density at radius 3 is 1.34 bits per heavy atom. The van der Waals surface area contributed by atoms with Gasteiger partial charge in [0.1, 0.15) is 0 Å². The number of nitrogens with zero attached hydrogens (tertiary/aromatic N) is 10. The third-order valence-electron chi connectivity index (χ3n) is 14.4. The van der Waals surface area contributed by atoms with Crippen molar-refractivity contribution in [1.29, 1.82) is 0 Å². The topological polar surface area (TPSA) is 104 Å². The van der Waals surface area contributed by atoms with Crippen molar-refractivity contribution in [2.45, 2.75) is 0 Å². The second kappa shape index (κ2) is 18.0. The molecular weight excluding hydrogens is 945 g/mol. The Morgan fingerprint density at radius 2 is 0.714 bits per heavy atom. The molecule has 0 atom stereocenters. The lowest BCUT2D eigenvalue weighted by molar-refractivity contribution is 0.953. The number of aromatic nitrogens is 10. The maximum Gasteiger partial charge on any atom is 0.238 e. The lowest BCUT2D eigenvalue weighted by atomic mass is 9.95. The van der Waals surface area contributed by atoms with Gasteiger partial charge in [-0.15, -0.1) is 0 Å². The minimum absolute atomic E-state index is 0.551.